The zero-order valence-electron chi connectivity index (χ0n) is 18.8. The number of hydrogen-bond donors (Lipinski definition) is 3. The Morgan fingerprint density at radius 2 is 2.00 bits per heavy atom. The third kappa shape index (κ3) is 3.80. The van der Waals surface area contributed by atoms with Crippen LogP contribution in [0.25, 0.3) is 6.08 Å². The molecule has 0 spiro atoms. The summed E-state index contributed by atoms with van der Waals surface area (Å²) in [7, 11) is 0. The van der Waals surface area contributed by atoms with E-state index in [2.05, 4.69) is 5.32 Å². The highest BCUT2D eigenvalue weighted by atomic mass is 19.4. The normalized spacial score (nSPS) is 24.5. The Morgan fingerprint density at radius 3 is 2.64 bits per heavy atom. The van der Waals surface area contributed by atoms with Gasteiger partial charge < -0.3 is 15.5 Å². The second kappa shape index (κ2) is 8.17. The molecule has 2 aliphatic rings. The molecule has 1 aliphatic heterocycles. The van der Waals surface area contributed by atoms with Crippen molar-refractivity contribution in [3.63, 3.8) is 0 Å². The van der Waals surface area contributed by atoms with Gasteiger partial charge in [0.1, 0.15) is 5.75 Å². The summed E-state index contributed by atoms with van der Waals surface area (Å²) < 4.78 is 44.0. The molecule has 0 radical (unpaired) electrons. The Labute approximate surface area is 190 Å². The van der Waals surface area contributed by atoms with E-state index in [-0.39, 0.29) is 23.8 Å². The third-order valence-corrected chi connectivity index (χ3v) is 6.82. The molecule has 0 aromatic heterocycles. The fraction of sp³-hybridized carbons (Fsp3) is 0.440. The van der Waals surface area contributed by atoms with Crippen molar-refractivity contribution in [1.82, 2.24) is 0 Å². The van der Waals surface area contributed by atoms with Gasteiger partial charge in [0.15, 0.2) is 5.60 Å². The minimum atomic E-state index is -4.92. The Kier molecular flexibility index (Phi) is 5.76. The number of fused-ring (bicyclic) bond motifs is 2. The van der Waals surface area contributed by atoms with E-state index >= 15 is 0 Å². The van der Waals surface area contributed by atoms with Crippen molar-refractivity contribution in [2.24, 2.45) is 0 Å². The molecule has 3 N–H and O–H groups in total. The van der Waals surface area contributed by atoms with Gasteiger partial charge in [-0.3, -0.25) is 0 Å². The minimum absolute atomic E-state index is 0.0377. The van der Waals surface area contributed by atoms with E-state index in [1.54, 1.807) is 49.4 Å². The number of hydrogen-bond acceptors (Lipinski definition) is 4. The van der Waals surface area contributed by atoms with Gasteiger partial charge in [0.25, 0.3) is 5.69 Å². The topological polar surface area (TPSA) is 72.6 Å². The molecule has 0 saturated heterocycles. The van der Waals surface area contributed by atoms with E-state index in [9.17, 15) is 28.3 Å². The first-order valence-corrected chi connectivity index (χ1v) is 11.1. The van der Waals surface area contributed by atoms with Crippen LogP contribution in [0.5, 0.6) is 5.75 Å². The molecule has 1 aliphatic carbocycles. The highest BCUT2D eigenvalue weighted by Crippen LogP contribution is 2.55. The molecule has 8 heteroatoms. The van der Waals surface area contributed by atoms with Gasteiger partial charge in [0.05, 0.1) is 11.6 Å². The van der Waals surface area contributed by atoms with Gasteiger partial charge >= 0.3 is 6.18 Å². The number of rotatable bonds is 4. The van der Waals surface area contributed by atoms with E-state index in [4.69, 9.17) is 0 Å². The number of aliphatic hydroxyl groups is 1. The number of aromatic hydroxyl groups is 1. The van der Waals surface area contributed by atoms with Crippen LogP contribution >= 0.6 is 0 Å². The molecule has 2 aromatic rings. The molecule has 5 nitrogen and oxygen atoms in total. The fourth-order valence-electron chi connectivity index (χ4n) is 4.97. The highest BCUT2D eigenvalue weighted by molar-refractivity contribution is 5.76. The van der Waals surface area contributed by atoms with Crippen molar-refractivity contribution in [2.45, 2.75) is 63.3 Å². The summed E-state index contributed by atoms with van der Waals surface area (Å²) in [5.74, 6) is -0.753. The molecule has 176 valence electrons. The number of phenols is 1. The summed E-state index contributed by atoms with van der Waals surface area (Å²) in [4.78, 5) is 12.2. The molecule has 1 heterocycles. The Balaban J connectivity index is 1.94. The summed E-state index contributed by atoms with van der Waals surface area (Å²) in [6, 6.07) is 6.49. The van der Waals surface area contributed by atoms with Crippen LogP contribution in [0.15, 0.2) is 36.4 Å². The Morgan fingerprint density at radius 1 is 1.27 bits per heavy atom. The molecule has 33 heavy (non-hydrogen) atoms. The number of anilines is 1. The van der Waals surface area contributed by atoms with Crippen molar-refractivity contribution >= 4 is 17.5 Å². The number of alkyl halides is 3. The van der Waals surface area contributed by atoms with Crippen LogP contribution in [-0.4, -0.2) is 33.3 Å². The second-order valence-electron chi connectivity index (χ2n) is 9.21. The summed E-state index contributed by atoms with van der Waals surface area (Å²) in [6.07, 6.45) is -1.83. The standard InChI is InChI=1S/C25H27F3N2O3/c1-4-15-13-24(32,25(26,27)28)23(18-11-16(14(2)3)12-21(31)22(15)18)29-19-8-5-9-20-17(19)7-6-10-30(20)33/h5-9,11-12,14-15,23,29,32H,4,10,13H2,1-3H3/p+1/t15-,23+,24+/m1/s1. The van der Waals surface area contributed by atoms with Crippen LogP contribution in [-0.2, 0) is 0 Å². The first kappa shape index (κ1) is 23.3. The SMILES string of the molecule is CC[C@@H]1C[C@@](O)(C(F)(F)F)[C@@H](Nc2cccc3c2C=CC[N+]3=O)c2cc(C(C)C)cc(O)c21. The maximum Gasteiger partial charge on any atom is 0.419 e. The fourth-order valence-corrected chi connectivity index (χ4v) is 4.97. The average molecular weight is 462 g/mol. The lowest BCUT2D eigenvalue weighted by Crippen LogP contribution is -2.55. The molecular weight excluding hydrogens is 433 g/mol. The lowest BCUT2D eigenvalue weighted by atomic mass is 9.68. The number of halogens is 3. The summed E-state index contributed by atoms with van der Waals surface area (Å²) in [5.41, 5.74) is -0.605. The zero-order valence-corrected chi connectivity index (χ0v) is 18.8. The van der Waals surface area contributed by atoms with E-state index in [1.807, 2.05) is 13.8 Å². The van der Waals surface area contributed by atoms with E-state index in [1.165, 1.54) is 0 Å². The molecular formula is C25H28F3N2O3+. The first-order chi connectivity index (χ1) is 15.5. The third-order valence-electron chi connectivity index (χ3n) is 6.82. The quantitative estimate of drug-likeness (QED) is 0.468. The highest BCUT2D eigenvalue weighted by Gasteiger charge is 2.62. The lowest BCUT2D eigenvalue weighted by Gasteiger charge is -2.46. The van der Waals surface area contributed by atoms with Gasteiger partial charge in [-0.2, -0.15) is 13.2 Å². The van der Waals surface area contributed by atoms with Crippen molar-refractivity contribution in [1.29, 1.82) is 0 Å². The van der Waals surface area contributed by atoms with E-state index in [0.29, 0.717) is 34.5 Å². The van der Waals surface area contributed by atoms with Crippen LogP contribution < -0.4 is 5.32 Å². The molecule has 0 amide bonds. The largest absolute Gasteiger partial charge is 0.508 e. The average Bonchev–Trinajstić information content (AvgIpc) is 2.75. The smallest absolute Gasteiger partial charge is 0.419 e. The van der Waals surface area contributed by atoms with Crippen LogP contribution in [0.2, 0.25) is 0 Å². The second-order valence-corrected chi connectivity index (χ2v) is 9.21. The van der Waals surface area contributed by atoms with Crippen LogP contribution in [0, 0.1) is 4.91 Å². The van der Waals surface area contributed by atoms with Crippen molar-refractivity contribution in [3.8, 4) is 5.75 Å². The summed E-state index contributed by atoms with van der Waals surface area (Å²) in [5, 5.41) is 24.9. The maximum atomic E-state index is 14.4. The predicted octanol–water partition coefficient (Wildman–Crippen LogP) is 6.30. The number of nitrogens with one attached hydrogen (secondary N) is 1. The number of nitroso groups, excluding NO2 is 1. The lowest BCUT2D eigenvalue weighted by molar-refractivity contribution is -0.452. The molecule has 0 unspecified atom stereocenters. The number of benzene rings is 2. The van der Waals surface area contributed by atoms with Crippen molar-refractivity contribution < 1.29 is 28.1 Å². The summed E-state index contributed by atoms with van der Waals surface area (Å²) >= 11 is 0. The Bertz CT molecular complexity index is 1130. The maximum absolute atomic E-state index is 14.4. The Hall–Kier alpha value is -2.87. The van der Waals surface area contributed by atoms with Gasteiger partial charge in [-0.05, 0) is 60.1 Å². The molecule has 3 atom stereocenters. The molecule has 4 rings (SSSR count). The number of nitrogens with zero attached hydrogens (tertiary/aromatic N) is 1. The van der Waals surface area contributed by atoms with Gasteiger partial charge in [0.2, 0.25) is 6.54 Å². The van der Waals surface area contributed by atoms with Crippen LogP contribution in [0.3, 0.4) is 0 Å². The molecule has 0 fully saturated rings. The van der Waals surface area contributed by atoms with Crippen molar-refractivity contribution in [3.05, 3.63) is 63.6 Å². The minimum Gasteiger partial charge on any atom is -0.508 e. The van der Waals surface area contributed by atoms with Crippen LogP contribution in [0.1, 0.15) is 73.7 Å². The predicted molar refractivity (Wildman–Crippen MR) is 121 cm³/mol. The zero-order chi connectivity index (χ0) is 24.1. The summed E-state index contributed by atoms with van der Waals surface area (Å²) in [6.45, 7) is 5.68. The van der Waals surface area contributed by atoms with Gasteiger partial charge in [-0.1, -0.05) is 32.9 Å². The van der Waals surface area contributed by atoms with Gasteiger partial charge in [-0.25, -0.2) is 0 Å². The molecule has 2 aromatic carbocycles. The molecule has 0 bridgehead atoms. The van der Waals surface area contributed by atoms with E-state index in [0.717, 1.165) is 4.76 Å². The van der Waals surface area contributed by atoms with Crippen LogP contribution in [0.4, 0.5) is 24.5 Å². The first-order valence-electron chi connectivity index (χ1n) is 11.1. The van der Waals surface area contributed by atoms with Gasteiger partial charge in [-0.15, -0.1) is 0 Å². The number of phenolic OH excluding ortho intramolecular Hbond substituents is 1. The van der Waals surface area contributed by atoms with Crippen molar-refractivity contribution in [2.75, 3.05) is 11.9 Å². The van der Waals surface area contributed by atoms with Gasteiger partial charge in [0, 0.05) is 27.0 Å². The van der Waals surface area contributed by atoms with E-state index < -0.39 is 30.2 Å². The molecule has 0 saturated carbocycles. The monoisotopic (exact) mass is 461 g/mol.